The van der Waals surface area contributed by atoms with Gasteiger partial charge in [0.05, 0.1) is 6.61 Å². The SMILES string of the molecule is CCOC1=CC(=O)C1(C)c1ccccc1. The maximum atomic E-state index is 11.7. The van der Waals surface area contributed by atoms with Crippen LogP contribution in [0.5, 0.6) is 0 Å². The molecule has 78 valence electrons. The highest BCUT2D eigenvalue weighted by atomic mass is 16.5. The molecular formula is C13H14O2. The monoisotopic (exact) mass is 202 g/mol. The topological polar surface area (TPSA) is 26.3 Å². The summed E-state index contributed by atoms with van der Waals surface area (Å²) in [6.45, 7) is 4.44. The molecule has 0 saturated heterocycles. The fourth-order valence-electron chi connectivity index (χ4n) is 1.85. The molecule has 0 N–H and O–H groups in total. The minimum atomic E-state index is -0.558. The number of ether oxygens (including phenoxy) is 1. The Labute approximate surface area is 89.6 Å². The van der Waals surface area contributed by atoms with Crippen molar-refractivity contribution >= 4 is 5.78 Å². The molecule has 0 spiro atoms. The van der Waals surface area contributed by atoms with Crippen molar-refractivity contribution in [3.8, 4) is 0 Å². The molecule has 2 nitrogen and oxygen atoms in total. The van der Waals surface area contributed by atoms with E-state index in [1.807, 2.05) is 44.2 Å². The predicted octanol–water partition coefficient (Wildman–Crippen LogP) is 2.45. The Bertz CT molecular complexity index is 406. The summed E-state index contributed by atoms with van der Waals surface area (Å²) in [6, 6.07) is 9.75. The maximum absolute atomic E-state index is 11.7. The number of ketones is 1. The van der Waals surface area contributed by atoms with Gasteiger partial charge >= 0.3 is 0 Å². The van der Waals surface area contributed by atoms with Crippen molar-refractivity contribution in [3.63, 3.8) is 0 Å². The summed E-state index contributed by atoms with van der Waals surface area (Å²) in [5.74, 6) is 0.901. The van der Waals surface area contributed by atoms with Crippen LogP contribution in [-0.4, -0.2) is 12.4 Å². The number of hydrogen-bond acceptors (Lipinski definition) is 2. The van der Waals surface area contributed by atoms with E-state index in [0.29, 0.717) is 6.61 Å². The second kappa shape index (κ2) is 3.54. The molecule has 1 unspecified atom stereocenters. The largest absolute Gasteiger partial charge is 0.497 e. The zero-order chi connectivity index (χ0) is 10.9. The maximum Gasteiger partial charge on any atom is 0.176 e. The van der Waals surface area contributed by atoms with Gasteiger partial charge in [-0.2, -0.15) is 0 Å². The summed E-state index contributed by atoms with van der Waals surface area (Å²) in [4.78, 5) is 11.7. The van der Waals surface area contributed by atoms with Crippen LogP contribution in [0.15, 0.2) is 42.2 Å². The van der Waals surface area contributed by atoms with E-state index in [1.54, 1.807) is 6.08 Å². The van der Waals surface area contributed by atoms with Gasteiger partial charge in [-0.15, -0.1) is 0 Å². The molecule has 0 bridgehead atoms. The van der Waals surface area contributed by atoms with Gasteiger partial charge in [0, 0.05) is 6.08 Å². The molecule has 0 amide bonds. The first kappa shape index (κ1) is 9.97. The van der Waals surface area contributed by atoms with Crippen molar-refractivity contribution in [2.45, 2.75) is 19.3 Å². The highest BCUT2D eigenvalue weighted by Crippen LogP contribution is 2.40. The molecule has 0 aromatic heterocycles. The first-order chi connectivity index (χ1) is 7.19. The summed E-state index contributed by atoms with van der Waals surface area (Å²) < 4.78 is 5.46. The number of carbonyl (C=O) groups excluding carboxylic acids is 1. The van der Waals surface area contributed by atoms with E-state index < -0.39 is 5.41 Å². The summed E-state index contributed by atoms with van der Waals surface area (Å²) in [5.41, 5.74) is 0.443. The van der Waals surface area contributed by atoms with E-state index in [9.17, 15) is 4.79 Å². The third-order valence-electron chi connectivity index (χ3n) is 2.90. The minimum Gasteiger partial charge on any atom is -0.497 e. The summed E-state index contributed by atoms with van der Waals surface area (Å²) in [6.07, 6.45) is 1.58. The molecule has 1 aromatic carbocycles. The highest BCUT2D eigenvalue weighted by Gasteiger charge is 2.46. The molecule has 1 aromatic rings. The fraction of sp³-hybridized carbons (Fsp3) is 0.308. The van der Waals surface area contributed by atoms with Crippen molar-refractivity contribution in [2.24, 2.45) is 0 Å². The third kappa shape index (κ3) is 1.37. The lowest BCUT2D eigenvalue weighted by Gasteiger charge is -2.36. The van der Waals surface area contributed by atoms with Gasteiger partial charge < -0.3 is 4.74 Å². The van der Waals surface area contributed by atoms with E-state index in [2.05, 4.69) is 0 Å². The molecule has 2 heteroatoms. The molecule has 0 saturated carbocycles. The Balaban J connectivity index is 2.36. The van der Waals surface area contributed by atoms with Gasteiger partial charge in [0.1, 0.15) is 11.2 Å². The molecule has 1 aliphatic rings. The number of hydrogen-bond donors (Lipinski definition) is 0. The quantitative estimate of drug-likeness (QED) is 0.752. The lowest BCUT2D eigenvalue weighted by Crippen LogP contribution is -2.42. The highest BCUT2D eigenvalue weighted by molar-refractivity contribution is 6.08. The average molecular weight is 202 g/mol. The molecule has 0 heterocycles. The van der Waals surface area contributed by atoms with Crippen molar-refractivity contribution in [3.05, 3.63) is 47.7 Å². The molecule has 1 atom stereocenters. The molecule has 15 heavy (non-hydrogen) atoms. The fourth-order valence-corrected chi connectivity index (χ4v) is 1.85. The Kier molecular flexibility index (Phi) is 2.35. The molecule has 0 fully saturated rings. The second-order valence-corrected chi connectivity index (χ2v) is 3.80. The number of benzene rings is 1. The zero-order valence-corrected chi connectivity index (χ0v) is 8.99. The van der Waals surface area contributed by atoms with Gasteiger partial charge in [0.25, 0.3) is 0 Å². The van der Waals surface area contributed by atoms with Gasteiger partial charge in [0.2, 0.25) is 0 Å². The van der Waals surface area contributed by atoms with Crippen LogP contribution in [0.4, 0.5) is 0 Å². The van der Waals surface area contributed by atoms with Crippen molar-refractivity contribution in [1.29, 1.82) is 0 Å². The van der Waals surface area contributed by atoms with Gasteiger partial charge in [-0.3, -0.25) is 4.79 Å². The molecule has 0 radical (unpaired) electrons. The van der Waals surface area contributed by atoms with Gasteiger partial charge in [-0.1, -0.05) is 30.3 Å². The van der Waals surface area contributed by atoms with Gasteiger partial charge in [0.15, 0.2) is 5.78 Å². The van der Waals surface area contributed by atoms with Crippen LogP contribution in [0.1, 0.15) is 19.4 Å². The molecule has 2 rings (SSSR count). The zero-order valence-electron chi connectivity index (χ0n) is 8.99. The van der Waals surface area contributed by atoms with Crippen LogP contribution in [0.2, 0.25) is 0 Å². The minimum absolute atomic E-state index is 0.122. The number of allylic oxidation sites excluding steroid dienone is 2. The van der Waals surface area contributed by atoms with Crippen LogP contribution < -0.4 is 0 Å². The van der Waals surface area contributed by atoms with Crippen LogP contribution >= 0.6 is 0 Å². The third-order valence-corrected chi connectivity index (χ3v) is 2.90. The lowest BCUT2D eigenvalue weighted by atomic mass is 9.69. The first-order valence-corrected chi connectivity index (χ1v) is 5.14. The standard InChI is InChI=1S/C13H14O2/c1-3-15-12-9-11(14)13(12,2)10-7-5-4-6-8-10/h4-9H,3H2,1-2H3. The van der Waals surface area contributed by atoms with E-state index in [1.165, 1.54) is 0 Å². The van der Waals surface area contributed by atoms with Crippen molar-refractivity contribution < 1.29 is 9.53 Å². The number of carbonyl (C=O) groups is 1. The summed E-state index contributed by atoms with van der Waals surface area (Å²) >= 11 is 0. The number of rotatable bonds is 3. The Morgan fingerprint density at radius 3 is 2.47 bits per heavy atom. The van der Waals surface area contributed by atoms with Crippen LogP contribution in [0.3, 0.4) is 0 Å². The summed E-state index contributed by atoms with van der Waals surface area (Å²) in [5, 5.41) is 0. The average Bonchev–Trinajstić information content (AvgIpc) is 2.29. The molecule has 0 aliphatic heterocycles. The molecular weight excluding hydrogens is 188 g/mol. The predicted molar refractivity (Wildman–Crippen MR) is 58.5 cm³/mol. The lowest BCUT2D eigenvalue weighted by molar-refractivity contribution is -0.122. The van der Waals surface area contributed by atoms with E-state index >= 15 is 0 Å². The van der Waals surface area contributed by atoms with Crippen LogP contribution in [0, 0.1) is 0 Å². The second-order valence-electron chi connectivity index (χ2n) is 3.80. The van der Waals surface area contributed by atoms with Gasteiger partial charge in [-0.25, -0.2) is 0 Å². The van der Waals surface area contributed by atoms with Crippen molar-refractivity contribution in [2.75, 3.05) is 6.61 Å². The van der Waals surface area contributed by atoms with Gasteiger partial charge in [-0.05, 0) is 19.4 Å². The van der Waals surface area contributed by atoms with E-state index in [4.69, 9.17) is 4.74 Å². The Morgan fingerprint density at radius 1 is 1.27 bits per heavy atom. The molecule has 1 aliphatic carbocycles. The van der Waals surface area contributed by atoms with Crippen molar-refractivity contribution in [1.82, 2.24) is 0 Å². The smallest absolute Gasteiger partial charge is 0.176 e. The van der Waals surface area contributed by atoms with Crippen LogP contribution in [0.25, 0.3) is 0 Å². The summed E-state index contributed by atoms with van der Waals surface area (Å²) in [7, 11) is 0. The van der Waals surface area contributed by atoms with E-state index in [0.717, 1.165) is 11.3 Å². The van der Waals surface area contributed by atoms with E-state index in [-0.39, 0.29) is 5.78 Å². The Morgan fingerprint density at radius 2 is 1.93 bits per heavy atom. The first-order valence-electron chi connectivity index (χ1n) is 5.14. The van der Waals surface area contributed by atoms with Crippen LogP contribution in [-0.2, 0) is 14.9 Å². The Hall–Kier alpha value is -1.57. The normalized spacial score (nSPS) is 24.4.